The molecule has 0 aliphatic rings. The van der Waals surface area contributed by atoms with Gasteiger partial charge in [-0.1, -0.05) is 24.3 Å². The molecule has 0 fully saturated rings. The van der Waals surface area contributed by atoms with Crippen LogP contribution in [0.3, 0.4) is 0 Å². The van der Waals surface area contributed by atoms with Crippen LogP contribution in [-0.4, -0.2) is 12.2 Å². The maximum Gasteiger partial charge on any atom is 0.171 e. The molecule has 0 aliphatic carbocycles. The molecule has 20 heavy (non-hydrogen) atoms. The molecule has 0 unspecified atom stereocenters. The smallest absolute Gasteiger partial charge is 0.171 e. The molecule has 0 aliphatic heterocycles. The summed E-state index contributed by atoms with van der Waals surface area (Å²) < 4.78 is 6.27. The van der Waals surface area contributed by atoms with E-state index in [1.54, 1.807) is 7.11 Å². The molecule has 0 saturated heterocycles. The predicted molar refractivity (Wildman–Crippen MR) is 95.2 cm³/mol. The molecule has 0 saturated carbocycles. The van der Waals surface area contributed by atoms with E-state index in [2.05, 4.69) is 33.2 Å². The van der Waals surface area contributed by atoms with E-state index in [0.29, 0.717) is 11.7 Å². The minimum absolute atomic E-state index is 0.616. The van der Waals surface area contributed by atoms with Gasteiger partial charge in [0.25, 0.3) is 0 Å². The van der Waals surface area contributed by atoms with E-state index in [-0.39, 0.29) is 0 Å². The number of methoxy groups -OCH3 is 1. The first-order valence-electron chi connectivity index (χ1n) is 6.11. The summed E-state index contributed by atoms with van der Waals surface area (Å²) in [6.45, 7) is 0.680. The zero-order valence-electron chi connectivity index (χ0n) is 11.0. The summed E-state index contributed by atoms with van der Waals surface area (Å²) in [7, 11) is 1.66. The molecule has 104 valence electrons. The standard InChI is InChI=1S/C15H15IN2OS/c1-19-12-8-6-11(7-9-12)10-17-15(20)18-14-5-3-2-4-13(14)16/h2-9H,10H2,1H3,(H2,17,18,20). The van der Waals surface area contributed by atoms with E-state index in [4.69, 9.17) is 17.0 Å². The molecular weight excluding hydrogens is 383 g/mol. The Balaban J connectivity index is 1.87. The third kappa shape index (κ3) is 4.35. The Morgan fingerprint density at radius 1 is 1.15 bits per heavy atom. The van der Waals surface area contributed by atoms with Gasteiger partial charge >= 0.3 is 0 Å². The number of anilines is 1. The number of benzene rings is 2. The third-order valence-electron chi connectivity index (χ3n) is 2.73. The maximum absolute atomic E-state index is 5.29. The quantitative estimate of drug-likeness (QED) is 0.607. The second kappa shape index (κ2) is 7.44. The molecule has 0 radical (unpaired) electrons. The van der Waals surface area contributed by atoms with Crippen LogP contribution in [0.4, 0.5) is 5.69 Å². The van der Waals surface area contributed by atoms with Crippen molar-refractivity contribution in [1.29, 1.82) is 0 Å². The van der Waals surface area contributed by atoms with Crippen LogP contribution in [0, 0.1) is 3.57 Å². The van der Waals surface area contributed by atoms with Gasteiger partial charge in [-0.15, -0.1) is 0 Å². The third-order valence-corrected chi connectivity index (χ3v) is 3.92. The maximum atomic E-state index is 5.29. The van der Waals surface area contributed by atoms with E-state index in [9.17, 15) is 0 Å². The summed E-state index contributed by atoms with van der Waals surface area (Å²) >= 11 is 7.57. The number of hydrogen-bond donors (Lipinski definition) is 2. The molecule has 2 N–H and O–H groups in total. The fourth-order valence-electron chi connectivity index (χ4n) is 1.65. The van der Waals surface area contributed by atoms with E-state index in [1.807, 2.05) is 48.5 Å². The van der Waals surface area contributed by atoms with Gasteiger partial charge in [0.05, 0.1) is 12.8 Å². The van der Waals surface area contributed by atoms with Crippen LogP contribution in [0.25, 0.3) is 0 Å². The van der Waals surface area contributed by atoms with Crippen molar-refractivity contribution in [3.8, 4) is 5.75 Å². The number of ether oxygens (including phenoxy) is 1. The van der Waals surface area contributed by atoms with Gasteiger partial charge in [0.2, 0.25) is 0 Å². The van der Waals surface area contributed by atoms with Crippen LogP contribution < -0.4 is 15.4 Å². The lowest BCUT2D eigenvalue weighted by Crippen LogP contribution is -2.28. The fraction of sp³-hybridized carbons (Fsp3) is 0.133. The highest BCUT2D eigenvalue weighted by atomic mass is 127. The summed E-state index contributed by atoms with van der Waals surface area (Å²) in [5.41, 5.74) is 2.16. The van der Waals surface area contributed by atoms with Gasteiger partial charge in [-0.25, -0.2) is 0 Å². The number of rotatable bonds is 4. The Bertz CT molecular complexity index is 587. The first kappa shape index (κ1) is 15.1. The minimum atomic E-state index is 0.616. The van der Waals surface area contributed by atoms with Crippen molar-refractivity contribution < 1.29 is 4.74 Å². The molecule has 0 heterocycles. The lowest BCUT2D eigenvalue weighted by atomic mass is 10.2. The first-order valence-corrected chi connectivity index (χ1v) is 7.60. The normalized spacial score (nSPS) is 9.90. The fourth-order valence-corrected chi connectivity index (χ4v) is 2.36. The monoisotopic (exact) mass is 398 g/mol. The average Bonchev–Trinajstić information content (AvgIpc) is 2.48. The molecule has 0 amide bonds. The highest BCUT2D eigenvalue weighted by Gasteiger charge is 2.01. The number of halogens is 1. The van der Waals surface area contributed by atoms with Crippen LogP contribution in [0.2, 0.25) is 0 Å². The molecule has 2 aromatic carbocycles. The van der Waals surface area contributed by atoms with E-state index in [0.717, 1.165) is 20.6 Å². The Hall–Kier alpha value is -1.34. The van der Waals surface area contributed by atoms with E-state index >= 15 is 0 Å². The van der Waals surface area contributed by atoms with Gasteiger partial charge in [-0.05, 0) is 64.6 Å². The van der Waals surface area contributed by atoms with Crippen molar-refractivity contribution in [2.45, 2.75) is 6.54 Å². The molecule has 5 heteroatoms. The number of nitrogens with one attached hydrogen (secondary N) is 2. The number of para-hydroxylation sites is 1. The average molecular weight is 398 g/mol. The van der Waals surface area contributed by atoms with Gasteiger partial charge in [-0.3, -0.25) is 0 Å². The van der Waals surface area contributed by atoms with E-state index < -0.39 is 0 Å². The Morgan fingerprint density at radius 2 is 1.85 bits per heavy atom. The molecule has 0 bridgehead atoms. The molecule has 3 nitrogen and oxygen atoms in total. The van der Waals surface area contributed by atoms with Crippen LogP contribution in [0.15, 0.2) is 48.5 Å². The number of thiocarbonyl (C=S) groups is 1. The summed E-state index contributed by atoms with van der Waals surface area (Å²) in [5, 5.41) is 7.00. The summed E-state index contributed by atoms with van der Waals surface area (Å²) in [6, 6.07) is 15.9. The molecule has 0 aromatic heterocycles. The highest BCUT2D eigenvalue weighted by Crippen LogP contribution is 2.16. The van der Waals surface area contributed by atoms with Gasteiger partial charge in [0.1, 0.15) is 5.75 Å². The second-order valence-corrected chi connectivity index (χ2v) is 5.71. The summed E-state index contributed by atoms with van der Waals surface area (Å²) in [5.74, 6) is 0.855. The summed E-state index contributed by atoms with van der Waals surface area (Å²) in [6.07, 6.45) is 0. The topological polar surface area (TPSA) is 33.3 Å². The Labute approximate surface area is 137 Å². The minimum Gasteiger partial charge on any atom is -0.497 e. The van der Waals surface area contributed by atoms with Gasteiger partial charge in [-0.2, -0.15) is 0 Å². The Kier molecular flexibility index (Phi) is 5.60. The molecule has 2 rings (SSSR count). The summed E-state index contributed by atoms with van der Waals surface area (Å²) in [4.78, 5) is 0. The van der Waals surface area contributed by atoms with Crippen molar-refractivity contribution in [3.63, 3.8) is 0 Å². The zero-order valence-corrected chi connectivity index (χ0v) is 14.0. The first-order chi connectivity index (χ1) is 9.69. The van der Waals surface area contributed by atoms with Gasteiger partial charge in [0, 0.05) is 10.1 Å². The SMILES string of the molecule is COc1ccc(CNC(=S)Nc2ccccc2I)cc1. The van der Waals surface area contributed by atoms with Crippen molar-refractivity contribution >= 4 is 45.6 Å². The van der Waals surface area contributed by atoms with Gasteiger partial charge in [0.15, 0.2) is 5.11 Å². The van der Waals surface area contributed by atoms with Crippen molar-refractivity contribution in [2.24, 2.45) is 0 Å². The van der Waals surface area contributed by atoms with Crippen molar-refractivity contribution in [2.75, 3.05) is 12.4 Å². The zero-order chi connectivity index (χ0) is 14.4. The number of hydrogen-bond acceptors (Lipinski definition) is 2. The van der Waals surface area contributed by atoms with Crippen LogP contribution >= 0.6 is 34.8 Å². The largest absolute Gasteiger partial charge is 0.497 e. The molecule has 0 spiro atoms. The molecule has 0 atom stereocenters. The van der Waals surface area contributed by atoms with Crippen LogP contribution in [0.1, 0.15) is 5.56 Å². The van der Waals surface area contributed by atoms with Crippen molar-refractivity contribution in [1.82, 2.24) is 5.32 Å². The van der Waals surface area contributed by atoms with Gasteiger partial charge < -0.3 is 15.4 Å². The Morgan fingerprint density at radius 3 is 2.50 bits per heavy atom. The van der Waals surface area contributed by atoms with E-state index in [1.165, 1.54) is 0 Å². The molecular formula is C15H15IN2OS. The van der Waals surface area contributed by atoms with Crippen LogP contribution in [0.5, 0.6) is 5.75 Å². The lowest BCUT2D eigenvalue weighted by molar-refractivity contribution is 0.414. The van der Waals surface area contributed by atoms with Crippen molar-refractivity contribution in [3.05, 3.63) is 57.7 Å². The second-order valence-electron chi connectivity index (χ2n) is 4.14. The van der Waals surface area contributed by atoms with Crippen LogP contribution in [-0.2, 0) is 6.54 Å². The highest BCUT2D eigenvalue weighted by molar-refractivity contribution is 14.1. The lowest BCUT2D eigenvalue weighted by Gasteiger charge is -2.12. The predicted octanol–water partition coefficient (Wildman–Crippen LogP) is 3.79. The molecule has 2 aromatic rings.